The first-order valence-electron chi connectivity index (χ1n) is 8.01. The van der Waals surface area contributed by atoms with E-state index < -0.39 is 7.25 Å². The van der Waals surface area contributed by atoms with E-state index in [0.717, 1.165) is 0 Å². The number of halogens is 4. The van der Waals surface area contributed by atoms with E-state index in [9.17, 15) is 17.3 Å². The molecule has 1 radical (unpaired) electrons. The zero-order valence-corrected chi connectivity index (χ0v) is 22.2. The molecule has 0 N–H and O–H groups in total. The number of hydrogen-bond donors (Lipinski definition) is 0. The molecule has 0 aliphatic rings. The van der Waals surface area contributed by atoms with E-state index in [2.05, 4.69) is 53.3 Å². The summed E-state index contributed by atoms with van der Waals surface area (Å²) in [5.41, 5.74) is 0. The van der Waals surface area contributed by atoms with Gasteiger partial charge in [0.15, 0.2) is 0 Å². The van der Waals surface area contributed by atoms with E-state index in [0.29, 0.717) is 0 Å². The molecule has 0 unspecified atom stereocenters. The van der Waals surface area contributed by atoms with Crippen molar-refractivity contribution in [2.45, 2.75) is 6.92 Å². The van der Waals surface area contributed by atoms with Crippen molar-refractivity contribution in [2.24, 2.45) is 0 Å². The monoisotopic (exact) mass is 491 g/mol. The van der Waals surface area contributed by atoms with Crippen LogP contribution in [0.2, 0.25) is 0 Å². The van der Waals surface area contributed by atoms with Gasteiger partial charge in [-0.2, -0.15) is 5.26 Å². The Labute approximate surface area is 169 Å². The van der Waals surface area contributed by atoms with E-state index in [1.54, 1.807) is 6.07 Å². The van der Waals surface area contributed by atoms with Crippen LogP contribution in [0.25, 0.3) is 0 Å². The van der Waals surface area contributed by atoms with Crippen LogP contribution < -0.4 is 0 Å². The van der Waals surface area contributed by atoms with Gasteiger partial charge in [-0.1, -0.05) is 0 Å². The minimum absolute atomic E-state index is 0. The van der Waals surface area contributed by atoms with E-state index in [4.69, 9.17) is 5.26 Å². The molecule has 0 aliphatic carbocycles. The molecule has 0 bridgehead atoms. The third-order valence-corrected chi connectivity index (χ3v) is 8.25. The summed E-state index contributed by atoms with van der Waals surface area (Å²) in [5, 5.41) is 7.32. The molecular formula is C14H39BCoF4NP4+3. The molecule has 0 spiro atoms. The van der Waals surface area contributed by atoms with Crippen molar-refractivity contribution in [3.63, 3.8) is 0 Å². The van der Waals surface area contributed by atoms with Gasteiger partial charge in [0.25, 0.3) is 0 Å². The van der Waals surface area contributed by atoms with Crippen molar-refractivity contribution < 1.29 is 34.0 Å². The average Bonchev–Trinajstić information content (AvgIpc) is 2.33. The molecule has 11 heteroatoms. The molecular weight excluding hydrogens is 452 g/mol. The predicted molar refractivity (Wildman–Crippen MR) is 122 cm³/mol. The molecule has 157 valence electrons. The van der Waals surface area contributed by atoms with E-state index >= 15 is 0 Å². The standard InChI is InChI=1S/2C6H16P2.C2H3N.BF4.Co/c2*1-7(2)5-6-8(3)4;1-2-3;2-1(3,4)5;/h2*5-6H2,1-4H3;1H3;;/q;;;-1;/p+4. The second-order valence-corrected chi connectivity index (χ2v) is 18.2. The Hall–Kier alpha value is 1.50. The first-order valence-corrected chi connectivity index (χ1v) is 18.8. The summed E-state index contributed by atoms with van der Waals surface area (Å²) in [6, 6.07) is 1.75. The van der Waals surface area contributed by atoms with E-state index in [1.165, 1.54) is 31.6 Å². The van der Waals surface area contributed by atoms with Gasteiger partial charge in [0.05, 0.1) is 30.7 Å². The second kappa shape index (κ2) is 25.5. The van der Waals surface area contributed by atoms with Crippen molar-refractivity contribution in [2.75, 3.05) is 78.0 Å². The molecule has 0 aliphatic heterocycles. The first-order chi connectivity index (χ1) is 10.7. The quantitative estimate of drug-likeness (QED) is 0.266. The molecule has 0 saturated carbocycles. The average molecular weight is 491 g/mol. The Morgan fingerprint density at radius 2 is 0.720 bits per heavy atom. The summed E-state index contributed by atoms with van der Waals surface area (Å²) < 4.78 is 39.0. The van der Waals surface area contributed by atoms with Gasteiger partial charge in [0.1, 0.15) is 0 Å². The summed E-state index contributed by atoms with van der Waals surface area (Å²) in [6.45, 7) is 20.6. The van der Waals surface area contributed by atoms with Crippen molar-refractivity contribution >= 4 is 38.9 Å². The molecule has 0 rings (SSSR count). The van der Waals surface area contributed by atoms with Gasteiger partial charge in [-0.3, -0.25) is 0 Å². The molecule has 0 aromatic carbocycles. The van der Waals surface area contributed by atoms with Gasteiger partial charge in [-0.05, 0) is 31.7 Å². The largest absolute Gasteiger partial charge is 0.673 e. The third-order valence-electron chi connectivity index (χ3n) is 2.25. The fraction of sp³-hybridized carbons (Fsp3) is 0.929. The number of rotatable bonds is 6. The van der Waals surface area contributed by atoms with Gasteiger partial charge in [0, 0.05) is 77.0 Å². The normalized spacial score (nSPS) is 9.92. The third kappa shape index (κ3) is 106. The van der Waals surface area contributed by atoms with Gasteiger partial charge < -0.3 is 17.3 Å². The number of hydrogen-bond acceptors (Lipinski definition) is 1. The van der Waals surface area contributed by atoms with Crippen LogP contribution >= 0.6 is 31.7 Å². The molecule has 25 heavy (non-hydrogen) atoms. The maximum atomic E-state index is 9.75. The molecule has 0 saturated heterocycles. The van der Waals surface area contributed by atoms with Crippen molar-refractivity contribution in [3.8, 4) is 6.07 Å². The van der Waals surface area contributed by atoms with Gasteiger partial charge in [0.2, 0.25) is 0 Å². The van der Waals surface area contributed by atoms with E-state index in [-0.39, 0.29) is 48.5 Å². The molecule has 0 amide bonds. The van der Waals surface area contributed by atoms with Crippen LogP contribution in [0.4, 0.5) is 17.3 Å². The molecule has 0 aromatic rings. The number of nitrogens with zero attached hydrogens (tertiary/aromatic N) is 1. The van der Waals surface area contributed by atoms with Crippen LogP contribution in [0.3, 0.4) is 0 Å². The SMILES string of the molecule is CC#N.C[PH+](C)CC[PH+](C)C.C[PH+](C)CC[PH+](C)C.F[B-](F)(F)F.[Co]. The van der Waals surface area contributed by atoms with Crippen LogP contribution in [-0.2, 0) is 16.8 Å². The maximum absolute atomic E-state index is 9.75. The van der Waals surface area contributed by atoms with E-state index in [1.807, 2.05) is 0 Å². The van der Waals surface area contributed by atoms with Crippen molar-refractivity contribution in [1.82, 2.24) is 0 Å². The maximum Gasteiger partial charge on any atom is 0.673 e. The Morgan fingerprint density at radius 1 is 0.640 bits per heavy atom. The van der Waals surface area contributed by atoms with Gasteiger partial charge in [-0.15, -0.1) is 0 Å². The molecule has 0 fully saturated rings. The molecule has 0 atom stereocenters. The second-order valence-electron chi connectivity index (χ2n) is 6.55. The van der Waals surface area contributed by atoms with Gasteiger partial charge in [-0.25, -0.2) is 0 Å². The Bertz CT molecular complexity index is 251. The van der Waals surface area contributed by atoms with Crippen LogP contribution in [0.15, 0.2) is 0 Å². The van der Waals surface area contributed by atoms with Crippen molar-refractivity contribution in [3.05, 3.63) is 0 Å². The van der Waals surface area contributed by atoms with Crippen LogP contribution in [-0.4, -0.2) is 85.2 Å². The van der Waals surface area contributed by atoms with Crippen LogP contribution in [0, 0.1) is 11.3 Å². The van der Waals surface area contributed by atoms with Crippen LogP contribution in [0.1, 0.15) is 6.92 Å². The summed E-state index contributed by atoms with van der Waals surface area (Å²) in [7, 11) is -5.62. The summed E-state index contributed by atoms with van der Waals surface area (Å²) >= 11 is 0. The zero-order valence-electron chi connectivity index (χ0n) is 17.2. The Balaban J connectivity index is -0.0000000743. The zero-order chi connectivity index (χ0) is 20.3. The summed E-state index contributed by atoms with van der Waals surface area (Å²) in [5.74, 6) is 0. The first kappa shape index (κ1) is 37.3. The minimum atomic E-state index is -6.00. The minimum Gasteiger partial charge on any atom is -0.418 e. The van der Waals surface area contributed by atoms with Gasteiger partial charge >= 0.3 is 7.25 Å². The molecule has 1 nitrogen and oxygen atoms in total. The molecule has 0 aromatic heterocycles. The summed E-state index contributed by atoms with van der Waals surface area (Å²) in [4.78, 5) is 0. The fourth-order valence-electron chi connectivity index (χ4n) is 1.000. The summed E-state index contributed by atoms with van der Waals surface area (Å²) in [6.07, 6.45) is 6.13. The predicted octanol–water partition coefficient (Wildman–Crippen LogP) is 5.70. The molecule has 0 heterocycles. The van der Waals surface area contributed by atoms with Crippen molar-refractivity contribution in [1.29, 1.82) is 5.26 Å². The fourth-order valence-corrected chi connectivity index (χ4v) is 9.00. The number of nitriles is 1. The Kier molecular flexibility index (Phi) is 38.0. The van der Waals surface area contributed by atoms with Crippen LogP contribution in [0.5, 0.6) is 0 Å². The smallest absolute Gasteiger partial charge is 0.418 e. The Morgan fingerprint density at radius 3 is 0.760 bits per heavy atom. The topological polar surface area (TPSA) is 23.8 Å².